The van der Waals surface area contributed by atoms with Crippen molar-refractivity contribution in [1.82, 2.24) is 0 Å². The van der Waals surface area contributed by atoms with E-state index in [4.69, 9.17) is 0 Å². The third-order valence-corrected chi connectivity index (χ3v) is 4.64. The summed E-state index contributed by atoms with van der Waals surface area (Å²) in [6.07, 6.45) is 0. The Morgan fingerprint density at radius 2 is 1.38 bits per heavy atom. The van der Waals surface area contributed by atoms with Gasteiger partial charge in [0.1, 0.15) is 0 Å². The number of benzene rings is 4. The Bertz CT molecular complexity index is 1200. The third kappa shape index (κ3) is 2.19. The van der Waals surface area contributed by atoms with Gasteiger partial charge in [-0.2, -0.15) is 0 Å². The maximum absolute atomic E-state index is 12.0. The van der Waals surface area contributed by atoms with Gasteiger partial charge in [-0.3, -0.25) is 24.6 Å². The van der Waals surface area contributed by atoms with Crippen LogP contribution in [0.5, 0.6) is 0 Å². The maximum atomic E-state index is 12.0. The summed E-state index contributed by atoms with van der Waals surface area (Å²) in [7, 11) is 0. The number of carbonyl (C=O) groups excluding carboxylic acids is 2. The first-order valence-corrected chi connectivity index (χ1v) is 8.05. The molecule has 4 rings (SSSR count). The highest BCUT2D eigenvalue weighted by Gasteiger charge is 2.21. The molecule has 0 N–H and O–H groups in total. The van der Waals surface area contributed by atoms with Crippen molar-refractivity contribution >= 4 is 55.5 Å². The zero-order valence-corrected chi connectivity index (χ0v) is 14.1. The van der Waals surface area contributed by atoms with Crippen LogP contribution in [0, 0.1) is 10.1 Å². The lowest BCUT2D eigenvalue weighted by molar-refractivity contribution is -0.384. The first-order valence-electron chi connectivity index (χ1n) is 8.05. The van der Waals surface area contributed by atoms with Gasteiger partial charge in [0.15, 0.2) is 0 Å². The van der Waals surface area contributed by atoms with Crippen molar-refractivity contribution in [3.63, 3.8) is 0 Å². The number of rotatable bonds is 2. The molecular formula is C20H14N2O4. The van der Waals surface area contributed by atoms with E-state index in [-0.39, 0.29) is 17.5 Å². The van der Waals surface area contributed by atoms with E-state index in [9.17, 15) is 19.7 Å². The minimum atomic E-state index is -0.410. The number of amides is 2. The highest BCUT2D eigenvalue weighted by Crippen LogP contribution is 2.40. The number of carbonyl (C=O) groups is 2. The normalized spacial score (nSPS) is 11.3. The van der Waals surface area contributed by atoms with Crippen LogP contribution in [0.25, 0.3) is 32.3 Å². The van der Waals surface area contributed by atoms with Crippen molar-refractivity contribution in [1.29, 1.82) is 0 Å². The van der Waals surface area contributed by atoms with E-state index in [2.05, 4.69) is 0 Å². The number of imide groups is 1. The SMILES string of the molecule is CC(=O)N(C(C)=O)c1ccc2ccc3cc([N+](=O)[O-])cc4ccc1c2c34. The number of nitro groups is 1. The lowest BCUT2D eigenvalue weighted by atomic mass is 9.93. The summed E-state index contributed by atoms with van der Waals surface area (Å²) in [5.74, 6) is -0.716. The van der Waals surface area contributed by atoms with Gasteiger partial charge >= 0.3 is 0 Å². The molecule has 4 aromatic rings. The number of hydrogen-bond acceptors (Lipinski definition) is 4. The monoisotopic (exact) mass is 346 g/mol. The molecule has 0 saturated carbocycles. The average Bonchev–Trinajstić information content (AvgIpc) is 2.59. The molecule has 4 aromatic carbocycles. The summed E-state index contributed by atoms with van der Waals surface area (Å²) >= 11 is 0. The molecule has 0 heterocycles. The van der Waals surface area contributed by atoms with Gasteiger partial charge < -0.3 is 0 Å². The van der Waals surface area contributed by atoms with Gasteiger partial charge in [-0.25, -0.2) is 0 Å². The smallest absolute Gasteiger partial charge is 0.270 e. The molecule has 2 amide bonds. The minimum Gasteiger partial charge on any atom is -0.274 e. The predicted octanol–water partition coefficient (Wildman–Crippen LogP) is 4.39. The van der Waals surface area contributed by atoms with Crippen molar-refractivity contribution in [2.75, 3.05) is 4.90 Å². The molecule has 0 atom stereocenters. The zero-order chi connectivity index (χ0) is 18.6. The van der Waals surface area contributed by atoms with Gasteiger partial charge in [-0.1, -0.05) is 30.3 Å². The second kappa shape index (κ2) is 5.49. The summed E-state index contributed by atoms with van der Waals surface area (Å²) in [4.78, 5) is 35.9. The Labute approximate surface area is 148 Å². The largest absolute Gasteiger partial charge is 0.274 e. The van der Waals surface area contributed by atoms with E-state index >= 15 is 0 Å². The van der Waals surface area contributed by atoms with Crippen molar-refractivity contribution in [2.45, 2.75) is 13.8 Å². The number of non-ortho nitro benzene ring substituents is 1. The Kier molecular flexibility index (Phi) is 3.37. The number of nitrogens with zero attached hydrogens (tertiary/aromatic N) is 2. The topological polar surface area (TPSA) is 80.5 Å². The molecule has 0 spiro atoms. The maximum Gasteiger partial charge on any atom is 0.270 e. The van der Waals surface area contributed by atoms with E-state index < -0.39 is 4.92 Å². The molecule has 0 aliphatic rings. The van der Waals surface area contributed by atoms with Gasteiger partial charge in [-0.05, 0) is 33.0 Å². The first-order chi connectivity index (χ1) is 12.4. The van der Waals surface area contributed by atoms with Crippen LogP contribution < -0.4 is 4.90 Å². The van der Waals surface area contributed by atoms with Crippen LogP contribution in [0.2, 0.25) is 0 Å². The van der Waals surface area contributed by atoms with Gasteiger partial charge in [0, 0.05) is 31.4 Å². The van der Waals surface area contributed by atoms with Crippen molar-refractivity contribution in [3.05, 3.63) is 58.6 Å². The highest BCUT2D eigenvalue weighted by molar-refractivity contribution is 6.28. The summed E-state index contributed by atoms with van der Waals surface area (Å²) in [5, 5.41) is 16.2. The average molecular weight is 346 g/mol. The Hall–Kier alpha value is -3.54. The number of hydrogen-bond donors (Lipinski definition) is 0. The Morgan fingerprint density at radius 3 is 1.96 bits per heavy atom. The summed E-state index contributed by atoms with van der Waals surface area (Å²) in [6, 6.07) is 14.0. The molecule has 0 radical (unpaired) electrons. The molecule has 0 aliphatic heterocycles. The second-order valence-electron chi connectivity index (χ2n) is 6.26. The van der Waals surface area contributed by atoms with E-state index in [1.165, 1.54) is 13.8 Å². The fraction of sp³-hybridized carbons (Fsp3) is 0.100. The van der Waals surface area contributed by atoms with Crippen LogP contribution in [0.3, 0.4) is 0 Å². The quantitative estimate of drug-likeness (QED) is 0.306. The molecule has 0 fully saturated rings. The number of nitro benzene ring substituents is 1. The van der Waals surface area contributed by atoms with E-state index in [0.29, 0.717) is 5.69 Å². The summed E-state index contributed by atoms with van der Waals surface area (Å²) in [6.45, 7) is 2.70. The van der Waals surface area contributed by atoms with Crippen LogP contribution in [-0.4, -0.2) is 16.7 Å². The summed E-state index contributed by atoms with van der Waals surface area (Å²) in [5.41, 5.74) is 0.551. The molecule has 0 aliphatic carbocycles. The Balaban J connectivity index is 2.15. The fourth-order valence-electron chi connectivity index (χ4n) is 3.65. The van der Waals surface area contributed by atoms with Crippen LogP contribution in [0.15, 0.2) is 48.5 Å². The van der Waals surface area contributed by atoms with Crippen LogP contribution in [0.4, 0.5) is 11.4 Å². The molecule has 0 bridgehead atoms. The molecule has 26 heavy (non-hydrogen) atoms. The van der Waals surface area contributed by atoms with Gasteiger partial charge in [0.2, 0.25) is 11.8 Å². The van der Waals surface area contributed by atoms with E-state index in [0.717, 1.165) is 37.2 Å². The van der Waals surface area contributed by atoms with Gasteiger partial charge in [0.05, 0.1) is 10.6 Å². The van der Waals surface area contributed by atoms with Crippen molar-refractivity contribution < 1.29 is 14.5 Å². The van der Waals surface area contributed by atoms with Gasteiger partial charge in [-0.15, -0.1) is 0 Å². The second-order valence-corrected chi connectivity index (χ2v) is 6.26. The molecule has 0 unspecified atom stereocenters. The standard InChI is InChI=1S/C20H14N2O4/c1-11(23)21(12(2)24)18-8-6-13-3-4-14-9-16(22(25)26)10-15-5-7-17(18)20(13)19(14)15/h3-10H,1-2H3. The lowest BCUT2D eigenvalue weighted by Gasteiger charge is -2.21. The van der Waals surface area contributed by atoms with Crippen molar-refractivity contribution in [3.8, 4) is 0 Å². The first kappa shape index (κ1) is 16.0. The molecular weight excluding hydrogens is 332 g/mol. The molecule has 0 aromatic heterocycles. The predicted molar refractivity (Wildman–Crippen MR) is 101 cm³/mol. The Morgan fingerprint density at radius 1 is 0.846 bits per heavy atom. The number of anilines is 1. The van der Waals surface area contributed by atoms with Crippen LogP contribution in [0.1, 0.15) is 13.8 Å². The van der Waals surface area contributed by atoms with Gasteiger partial charge in [0.25, 0.3) is 5.69 Å². The minimum absolute atomic E-state index is 0.0326. The zero-order valence-electron chi connectivity index (χ0n) is 14.1. The highest BCUT2D eigenvalue weighted by atomic mass is 16.6. The van der Waals surface area contributed by atoms with E-state index in [1.54, 1.807) is 24.3 Å². The molecule has 6 heteroatoms. The van der Waals surface area contributed by atoms with Crippen LogP contribution >= 0.6 is 0 Å². The van der Waals surface area contributed by atoms with Crippen molar-refractivity contribution in [2.24, 2.45) is 0 Å². The molecule has 128 valence electrons. The fourth-order valence-corrected chi connectivity index (χ4v) is 3.65. The summed E-state index contributed by atoms with van der Waals surface area (Å²) < 4.78 is 0. The van der Waals surface area contributed by atoms with Crippen LogP contribution in [-0.2, 0) is 9.59 Å². The van der Waals surface area contributed by atoms with E-state index in [1.807, 2.05) is 24.3 Å². The third-order valence-electron chi connectivity index (χ3n) is 4.64. The molecule has 0 saturated heterocycles. The molecule has 6 nitrogen and oxygen atoms in total. The lowest BCUT2D eigenvalue weighted by Crippen LogP contribution is -2.33.